The van der Waals surface area contributed by atoms with Gasteiger partial charge < -0.3 is 15.6 Å². The summed E-state index contributed by atoms with van der Waals surface area (Å²) in [5.74, 6) is -0.209. The molecule has 0 saturated carbocycles. The Morgan fingerprint density at radius 2 is 1.27 bits per heavy atom. The summed E-state index contributed by atoms with van der Waals surface area (Å²) in [7, 11) is 0. The lowest BCUT2D eigenvalue weighted by Gasteiger charge is -2.15. The van der Waals surface area contributed by atoms with Gasteiger partial charge in [-0.1, -0.05) is 116 Å². The van der Waals surface area contributed by atoms with Crippen molar-refractivity contribution >= 4 is 5.97 Å². The van der Waals surface area contributed by atoms with Gasteiger partial charge >= 0.3 is 5.97 Å². The van der Waals surface area contributed by atoms with Gasteiger partial charge in [-0.2, -0.15) is 0 Å². The number of aliphatic hydroxyl groups excluding tert-OH is 1. The molecule has 30 heavy (non-hydrogen) atoms. The van der Waals surface area contributed by atoms with Crippen molar-refractivity contribution in [3.8, 4) is 0 Å². The van der Waals surface area contributed by atoms with Gasteiger partial charge in [0.05, 0.1) is 12.1 Å². The van der Waals surface area contributed by atoms with Crippen LogP contribution in [0.3, 0.4) is 0 Å². The van der Waals surface area contributed by atoms with Gasteiger partial charge in [-0.25, -0.2) is 0 Å². The zero-order chi connectivity index (χ0) is 22.3. The molecule has 0 aromatic rings. The minimum Gasteiger partial charge on any atom is -0.464 e. The molecule has 0 aromatic carbocycles. The van der Waals surface area contributed by atoms with Gasteiger partial charge in [0.1, 0.15) is 6.61 Å². The third-order valence-corrected chi connectivity index (χ3v) is 5.67. The number of rotatable bonds is 22. The number of ether oxygens (including phenoxy) is 1. The van der Waals surface area contributed by atoms with E-state index in [1.54, 1.807) is 6.08 Å². The van der Waals surface area contributed by atoms with Crippen molar-refractivity contribution in [1.29, 1.82) is 0 Å². The number of hydrogen-bond donors (Lipinski definition) is 2. The molecule has 0 aliphatic heterocycles. The van der Waals surface area contributed by atoms with E-state index in [1.165, 1.54) is 83.5 Å². The zero-order valence-corrected chi connectivity index (χ0v) is 20.1. The first-order valence-electron chi connectivity index (χ1n) is 12.9. The van der Waals surface area contributed by atoms with E-state index >= 15 is 0 Å². The predicted molar refractivity (Wildman–Crippen MR) is 129 cm³/mol. The number of allylic oxidation sites excluding steroid dienone is 1. The van der Waals surface area contributed by atoms with Crippen LogP contribution in [-0.4, -0.2) is 29.8 Å². The van der Waals surface area contributed by atoms with Crippen molar-refractivity contribution < 1.29 is 14.6 Å². The monoisotopic (exact) mass is 427 g/mol. The summed E-state index contributed by atoms with van der Waals surface area (Å²) in [5, 5.41) is 10.1. The Morgan fingerprint density at radius 3 is 1.80 bits per heavy atom. The number of carbonyl (C=O) groups excluding carboxylic acids is 1. The van der Waals surface area contributed by atoms with Crippen LogP contribution in [0.4, 0.5) is 0 Å². The number of aliphatic hydroxyl groups is 1. The summed E-state index contributed by atoms with van der Waals surface area (Å²) in [5.41, 5.74) is 5.93. The highest BCUT2D eigenvalue weighted by Gasteiger charge is 2.14. The largest absolute Gasteiger partial charge is 0.464 e. The average Bonchev–Trinajstić information content (AvgIpc) is 2.74. The molecule has 0 rings (SSSR count). The van der Waals surface area contributed by atoms with E-state index in [9.17, 15) is 9.90 Å². The van der Waals surface area contributed by atoms with E-state index in [-0.39, 0.29) is 12.6 Å². The molecule has 0 aliphatic carbocycles. The molecule has 0 bridgehead atoms. The Balaban J connectivity index is 3.53. The van der Waals surface area contributed by atoms with E-state index in [1.807, 2.05) is 6.08 Å². The molecule has 2 unspecified atom stereocenters. The molecule has 3 N–H and O–H groups in total. The van der Waals surface area contributed by atoms with Crippen LogP contribution in [0, 0.1) is 0 Å². The summed E-state index contributed by atoms with van der Waals surface area (Å²) in [6.07, 6.45) is 24.7. The highest BCUT2D eigenvalue weighted by atomic mass is 16.8. The van der Waals surface area contributed by atoms with Crippen LogP contribution in [0.2, 0.25) is 0 Å². The normalized spacial score (nSPS) is 13.6. The molecule has 0 amide bonds. The molecular formula is C26H51NO3. The molecule has 4 heteroatoms. The molecule has 0 saturated heterocycles. The Kier molecular flexibility index (Phi) is 22.1. The molecule has 2 atom stereocenters. The van der Waals surface area contributed by atoms with E-state index in [0.29, 0.717) is 6.42 Å². The van der Waals surface area contributed by atoms with E-state index in [0.717, 1.165) is 25.7 Å². The second-order valence-electron chi connectivity index (χ2n) is 8.75. The summed E-state index contributed by atoms with van der Waals surface area (Å²) < 4.78 is 5.19. The number of hydrogen-bond acceptors (Lipinski definition) is 4. The first kappa shape index (κ1) is 29.1. The smallest absolute Gasteiger partial charge is 0.305 e. The van der Waals surface area contributed by atoms with E-state index in [4.69, 9.17) is 10.5 Å². The Bertz CT molecular complexity index is 398. The van der Waals surface area contributed by atoms with Crippen LogP contribution in [0.5, 0.6) is 0 Å². The SMILES string of the molecule is CCCCCCCCCCCCCC=CC(O)C(N)CO[14C](=O)CCCCCCC. The third kappa shape index (κ3) is 20.4. The van der Waals surface area contributed by atoms with Crippen LogP contribution < -0.4 is 5.73 Å². The fourth-order valence-corrected chi connectivity index (χ4v) is 3.54. The molecule has 0 aromatic heterocycles. The van der Waals surface area contributed by atoms with Crippen molar-refractivity contribution in [2.75, 3.05) is 6.61 Å². The van der Waals surface area contributed by atoms with Gasteiger partial charge in [-0.05, 0) is 19.3 Å². The number of nitrogens with two attached hydrogens (primary N) is 1. The van der Waals surface area contributed by atoms with Crippen molar-refractivity contribution in [3.05, 3.63) is 12.2 Å². The van der Waals surface area contributed by atoms with Gasteiger partial charge in [0.2, 0.25) is 0 Å². The Morgan fingerprint density at radius 1 is 0.800 bits per heavy atom. The number of carbonyl (C=O) groups is 1. The summed E-state index contributed by atoms with van der Waals surface area (Å²) in [6.45, 7) is 4.52. The molecule has 178 valence electrons. The van der Waals surface area contributed by atoms with Gasteiger partial charge in [0.15, 0.2) is 0 Å². The second kappa shape index (κ2) is 22.8. The first-order valence-corrected chi connectivity index (χ1v) is 12.9. The maximum atomic E-state index is 11.7. The predicted octanol–water partition coefficient (Wildman–Crippen LogP) is 6.84. The summed E-state index contributed by atoms with van der Waals surface area (Å²) in [4.78, 5) is 11.7. The van der Waals surface area contributed by atoms with Gasteiger partial charge in [-0.3, -0.25) is 4.79 Å². The van der Waals surface area contributed by atoms with E-state index in [2.05, 4.69) is 13.8 Å². The van der Waals surface area contributed by atoms with Crippen LogP contribution >= 0.6 is 0 Å². The fourth-order valence-electron chi connectivity index (χ4n) is 3.54. The summed E-state index contributed by atoms with van der Waals surface area (Å²) >= 11 is 0. The van der Waals surface area contributed by atoms with Crippen molar-refractivity contribution in [3.63, 3.8) is 0 Å². The highest BCUT2D eigenvalue weighted by Crippen LogP contribution is 2.12. The number of unbranched alkanes of at least 4 members (excludes halogenated alkanes) is 15. The third-order valence-electron chi connectivity index (χ3n) is 5.67. The molecule has 0 fully saturated rings. The van der Waals surface area contributed by atoms with Crippen LogP contribution in [-0.2, 0) is 9.53 Å². The molecule has 0 radical (unpaired) electrons. The quantitative estimate of drug-likeness (QED) is 0.113. The molecular weight excluding hydrogens is 376 g/mol. The topological polar surface area (TPSA) is 72.6 Å². The lowest BCUT2D eigenvalue weighted by atomic mass is 10.0. The van der Waals surface area contributed by atoms with E-state index < -0.39 is 12.1 Å². The lowest BCUT2D eigenvalue weighted by molar-refractivity contribution is -0.144. The van der Waals surface area contributed by atoms with Gasteiger partial charge in [0.25, 0.3) is 0 Å². The zero-order valence-electron chi connectivity index (χ0n) is 20.1. The summed E-state index contributed by atoms with van der Waals surface area (Å²) in [6, 6.07) is -0.553. The maximum Gasteiger partial charge on any atom is 0.305 e. The van der Waals surface area contributed by atoms with Crippen LogP contribution in [0.1, 0.15) is 129 Å². The molecule has 4 nitrogen and oxygen atoms in total. The molecule has 0 aliphatic rings. The average molecular weight is 428 g/mol. The molecule has 0 spiro atoms. The second-order valence-corrected chi connectivity index (χ2v) is 8.75. The van der Waals surface area contributed by atoms with Crippen molar-refractivity contribution in [2.24, 2.45) is 5.73 Å². The highest BCUT2D eigenvalue weighted by molar-refractivity contribution is 5.69. The first-order chi connectivity index (χ1) is 14.6. The van der Waals surface area contributed by atoms with Crippen LogP contribution in [0.25, 0.3) is 0 Å². The maximum absolute atomic E-state index is 11.7. The molecule has 0 heterocycles. The van der Waals surface area contributed by atoms with Crippen molar-refractivity contribution in [1.82, 2.24) is 0 Å². The van der Waals surface area contributed by atoms with Crippen LogP contribution in [0.15, 0.2) is 12.2 Å². The standard InChI is InChI=1S/C26H51NO3/c1-3-5-7-9-10-11-12-13-14-15-16-18-19-21-25(28)24(27)23-30-26(29)22-20-17-8-6-4-2/h19,21,24-25,28H,3-18,20,22-23,27H2,1-2H3/i26+2. The lowest BCUT2D eigenvalue weighted by Crippen LogP contribution is -2.38. The fraction of sp³-hybridized carbons (Fsp3) is 0.885. The Labute approximate surface area is 187 Å². The Hall–Kier alpha value is -0.870. The van der Waals surface area contributed by atoms with Gasteiger partial charge in [-0.15, -0.1) is 0 Å². The van der Waals surface area contributed by atoms with Crippen molar-refractivity contribution in [2.45, 2.75) is 142 Å². The minimum atomic E-state index is -0.755. The minimum absolute atomic E-state index is 0.0811. The van der Waals surface area contributed by atoms with Gasteiger partial charge in [0, 0.05) is 6.42 Å². The number of esters is 1.